The number of rotatable bonds is 4. The van der Waals surface area contributed by atoms with Crippen molar-refractivity contribution in [3.8, 4) is 6.07 Å². The number of imide groups is 1. The Morgan fingerprint density at radius 1 is 1.03 bits per heavy atom. The zero-order chi connectivity index (χ0) is 24.7. The van der Waals surface area contributed by atoms with Gasteiger partial charge < -0.3 is 9.80 Å². The van der Waals surface area contributed by atoms with E-state index >= 15 is 4.39 Å². The van der Waals surface area contributed by atoms with Crippen molar-refractivity contribution in [1.82, 2.24) is 15.1 Å². The van der Waals surface area contributed by atoms with Crippen LogP contribution in [0.3, 0.4) is 0 Å². The summed E-state index contributed by atoms with van der Waals surface area (Å²) in [6.45, 7) is 2.82. The van der Waals surface area contributed by atoms with Gasteiger partial charge in [0.1, 0.15) is 17.7 Å². The molecular formula is C25H23F2N5O3. The second-order valence-corrected chi connectivity index (χ2v) is 9.04. The molecule has 3 aliphatic heterocycles. The molecule has 0 aromatic heterocycles. The number of carbonyl (C=O) groups excluding carboxylic acids is 3. The summed E-state index contributed by atoms with van der Waals surface area (Å²) in [5, 5.41) is 11.2. The number of piperazine rings is 1. The van der Waals surface area contributed by atoms with Gasteiger partial charge in [-0.1, -0.05) is 6.07 Å². The van der Waals surface area contributed by atoms with E-state index in [0.29, 0.717) is 49.5 Å². The molecule has 0 radical (unpaired) electrons. The maximum Gasteiger partial charge on any atom is 0.255 e. The minimum atomic E-state index is -0.745. The molecule has 3 aliphatic rings. The number of nitriles is 1. The highest BCUT2D eigenvalue weighted by atomic mass is 19.1. The lowest BCUT2D eigenvalue weighted by Crippen LogP contribution is -2.52. The third kappa shape index (κ3) is 4.35. The van der Waals surface area contributed by atoms with Crippen LogP contribution in [0.25, 0.3) is 0 Å². The van der Waals surface area contributed by atoms with E-state index in [1.807, 2.05) is 11.0 Å². The normalized spacial score (nSPS) is 20.6. The molecule has 35 heavy (non-hydrogen) atoms. The smallest absolute Gasteiger partial charge is 0.255 e. The molecule has 1 unspecified atom stereocenters. The first-order valence-electron chi connectivity index (χ1n) is 11.5. The predicted octanol–water partition coefficient (Wildman–Crippen LogP) is 1.92. The summed E-state index contributed by atoms with van der Waals surface area (Å²) >= 11 is 0. The van der Waals surface area contributed by atoms with Crippen LogP contribution >= 0.6 is 0 Å². The molecule has 3 heterocycles. The van der Waals surface area contributed by atoms with Crippen molar-refractivity contribution >= 4 is 23.4 Å². The number of halogens is 2. The largest absolute Gasteiger partial charge is 0.367 e. The van der Waals surface area contributed by atoms with Crippen molar-refractivity contribution in [2.45, 2.75) is 32.0 Å². The highest BCUT2D eigenvalue weighted by Gasteiger charge is 2.40. The zero-order valence-electron chi connectivity index (χ0n) is 18.9. The quantitative estimate of drug-likeness (QED) is 0.674. The van der Waals surface area contributed by atoms with Gasteiger partial charge in [0, 0.05) is 56.8 Å². The Morgan fingerprint density at radius 2 is 1.80 bits per heavy atom. The molecule has 0 saturated carbocycles. The standard InChI is InChI=1S/C25H23F2N5O3/c26-19-9-15(12-28)1-2-16(19)13-30-5-7-31(8-6-30)22-10-17-14-32(25(35)18(17)11-20(22)27)21-3-4-23(33)29-24(21)34/h1-2,9-11,21H,3-8,13-14H2,(H,29,33,34). The Hall–Kier alpha value is -3.84. The number of nitrogens with zero attached hydrogens (tertiary/aromatic N) is 4. The lowest BCUT2D eigenvalue weighted by Gasteiger charge is -2.36. The van der Waals surface area contributed by atoms with E-state index in [1.54, 1.807) is 18.2 Å². The maximum absolute atomic E-state index is 15.0. The van der Waals surface area contributed by atoms with Gasteiger partial charge in [-0.25, -0.2) is 8.78 Å². The predicted molar refractivity (Wildman–Crippen MR) is 121 cm³/mol. The Balaban J connectivity index is 1.26. The van der Waals surface area contributed by atoms with Gasteiger partial charge in [-0.2, -0.15) is 5.26 Å². The van der Waals surface area contributed by atoms with Gasteiger partial charge in [0.15, 0.2) is 0 Å². The van der Waals surface area contributed by atoms with Crippen molar-refractivity contribution in [2.75, 3.05) is 31.1 Å². The molecule has 8 nitrogen and oxygen atoms in total. The topological polar surface area (TPSA) is 96.8 Å². The molecule has 2 fully saturated rings. The second-order valence-electron chi connectivity index (χ2n) is 9.04. The summed E-state index contributed by atoms with van der Waals surface area (Å²) in [7, 11) is 0. The van der Waals surface area contributed by atoms with E-state index in [4.69, 9.17) is 5.26 Å². The Bertz CT molecular complexity index is 1270. The number of hydrogen-bond acceptors (Lipinski definition) is 6. The Labute approximate surface area is 200 Å². The van der Waals surface area contributed by atoms with Gasteiger partial charge in [0.05, 0.1) is 17.3 Å². The Kier molecular flexibility index (Phi) is 5.94. The molecule has 1 atom stereocenters. The van der Waals surface area contributed by atoms with Crippen LogP contribution in [0.1, 0.15) is 39.9 Å². The highest BCUT2D eigenvalue weighted by Crippen LogP contribution is 2.33. The molecule has 2 aromatic rings. The van der Waals surface area contributed by atoms with E-state index in [9.17, 15) is 18.8 Å². The number of fused-ring (bicyclic) bond motifs is 1. The minimum absolute atomic E-state index is 0.160. The molecule has 180 valence electrons. The van der Waals surface area contributed by atoms with Gasteiger partial charge in [0.25, 0.3) is 5.91 Å². The average Bonchev–Trinajstić information content (AvgIpc) is 3.15. The summed E-state index contributed by atoms with van der Waals surface area (Å²) < 4.78 is 29.3. The summed E-state index contributed by atoms with van der Waals surface area (Å²) in [6.07, 6.45) is 0.411. The van der Waals surface area contributed by atoms with E-state index in [2.05, 4.69) is 10.2 Å². The number of nitrogens with one attached hydrogen (secondary N) is 1. The molecule has 2 aromatic carbocycles. The van der Waals surface area contributed by atoms with Gasteiger partial charge in [0.2, 0.25) is 11.8 Å². The van der Waals surface area contributed by atoms with Crippen molar-refractivity contribution < 1.29 is 23.2 Å². The number of benzene rings is 2. The summed E-state index contributed by atoms with van der Waals surface area (Å²) in [5.41, 5.74) is 2.07. The number of amides is 3. The summed E-state index contributed by atoms with van der Waals surface area (Å²) in [4.78, 5) is 41.9. The van der Waals surface area contributed by atoms with Crippen LogP contribution in [0.4, 0.5) is 14.5 Å². The monoisotopic (exact) mass is 479 g/mol. The van der Waals surface area contributed by atoms with Crippen molar-refractivity contribution in [3.05, 3.63) is 64.2 Å². The molecule has 3 amide bonds. The molecular weight excluding hydrogens is 456 g/mol. The van der Waals surface area contributed by atoms with Gasteiger partial charge >= 0.3 is 0 Å². The van der Waals surface area contributed by atoms with Crippen LogP contribution in [-0.2, 0) is 22.7 Å². The number of hydrogen-bond donors (Lipinski definition) is 1. The van der Waals surface area contributed by atoms with Crippen LogP contribution in [0.5, 0.6) is 0 Å². The molecule has 0 aliphatic carbocycles. The van der Waals surface area contributed by atoms with Crippen LogP contribution in [0, 0.1) is 23.0 Å². The van der Waals surface area contributed by atoms with Crippen molar-refractivity contribution in [2.24, 2.45) is 0 Å². The van der Waals surface area contributed by atoms with Crippen molar-refractivity contribution in [3.63, 3.8) is 0 Å². The number of piperidine rings is 1. The molecule has 10 heteroatoms. The molecule has 2 saturated heterocycles. The molecule has 1 N–H and O–H groups in total. The first-order valence-corrected chi connectivity index (χ1v) is 11.5. The lowest BCUT2D eigenvalue weighted by atomic mass is 10.0. The third-order valence-electron chi connectivity index (χ3n) is 6.88. The fourth-order valence-electron chi connectivity index (χ4n) is 4.95. The zero-order valence-corrected chi connectivity index (χ0v) is 18.9. The molecule has 0 bridgehead atoms. The number of anilines is 1. The fraction of sp³-hybridized carbons (Fsp3) is 0.360. The first-order chi connectivity index (χ1) is 16.8. The first kappa shape index (κ1) is 22.9. The van der Waals surface area contributed by atoms with Gasteiger partial charge in [-0.3, -0.25) is 24.6 Å². The van der Waals surface area contributed by atoms with Gasteiger partial charge in [-0.05, 0) is 36.2 Å². The van der Waals surface area contributed by atoms with Crippen LogP contribution in [0.15, 0.2) is 30.3 Å². The molecule has 5 rings (SSSR count). The van der Waals surface area contributed by atoms with E-state index in [0.717, 1.165) is 0 Å². The Morgan fingerprint density at radius 3 is 2.49 bits per heavy atom. The van der Waals surface area contributed by atoms with Crippen LogP contribution in [-0.4, -0.2) is 59.7 Å². The average molecular weight is 479 g/mol. The minimum Gasteiger partial charge on any atom is -0.367 e. The molecule has 0 spiro atoms. The SMILES string of the molecule is N#Cc1ccc(CN2CCN(c3cc4c(cc3F)C(=O)N(C3CCC(=O)NC3=O)C4)CC2)c(F)c1. The number of carbonyl (C=O) groups is 3. The van der Waals surface area contributed by atoms with Crippen LogP contribution < -0.4 is 10.2 Å². The van der Waals surface area contributed by atoms with E-state index < -0.39 is 29.5 Å². The van der Waals surface area contributed by atoms with Crippen LogP contribution in [0.2, 0.25) is 0 Å². The summed E-state index contributed by atoms with van der Waals surface area (Å²) in [5.74, 6) is -2.19. The van der Waals surface area contributed by atoms with E-state index in [1.165, 1.54) is 17.0 Å². The second kappa shape index (κ2) is 9.07. The third-order valence-corrected chi connectivity index (χ3v) is 6.88. The summed E-state index contributed by atoms with van der Waals surface area (Å²) in [6, 6.07) is 8.51. The lowest BCUT2D eigenvalue weighted by molar-refractivity contribution is -0.136. The van der Waals surface area contributed by atoms with Gasteiger partial charge in [-0.15, -0.1) is 0 Å². The van der Waals surface area contributed by atoms with E-state index in [-0.39, 0.29) is 36.4 Å². The fourth-order valence-corrected chi connectivity index (χ4v) is 4.95. The van der Waals surface area contributed by atoms with Crippen molar-refractivity contribution in [1.29, 1.82) is 5.26 Å². The highest BCUT2D eigenvalue weighted by molar-refractivity contribution is 6.05. The maximum atomic E-state index is 15.0.